The third kappa shape index (κ3) is 2.32. The Kier molecular flexibility index (Phi) is 3.24. The van der Waals surface area contributed by atoms with Gasteiger partial charge in [0.2, 0.25) is 0 Å². The van der Waals surface area contributed by atoms with Crippen LogP contribution >= 0.6 is 0 Å². The highest BCUT2D eigenvalue weighted by Gasteiger charge is 2.14. The van der Waals surface area contributed by atoms with Gasteiger partial charge in [0.05, 0.1) is 11.9 Å². The molecule has 1 aromatic rings. The summed E-state index contributed by atoms with van der Waals surface area (Å²) < 4.78 is 1.58. The second-order valence-electron chi connectivity index (χ2n) is 3.47. The van der Waals surface area contributed by atoms with Crippen molar-refractivity contribution in [3.63, 3.8) is 0 Å². The predicted molar refractivity (Wildman–Crippen MR) is 52.1 cm³/mol. The van der Waals surface area contributed by atoms with E-state index in [0.29, 0.717) is 18.3 Å². The topological polar surface area (TPSA) is 67.2 Å². The SMILES string of the molecule is CC(C)NCc1c(C(=O)O)cnn1C. The molecular formula is C9H15N3O2. The lowest BCUT2D eigenvalue weighted by Gasteiger charge is -2.08. The molecule has 5 heteroatoms. The Balaban J connectivity index is 2.83. The molecule has 1 aromatic heterocycles. The minimum atomic E-state index is -0.932. The van der Waals surface area contributed by atoms with Crippen molar-refractivity contribution in [3.05, 3.63) is 17.5 Å². The lowest BCUT2D eigenvalue weighted by Crippen LogP contribution is -2.24. The molecule has 0 bridgehead atoms. The van der Waals surface area contributed by atoms with Gasteiger partial charge in [0.1, 0.15) is 5.56 Å². The Morgan fingerprint density at radius 3 is 2.86 bits per heavy atom. The highest BCUT2D eigenvalue weighted by Crippen LogP contribution is 2.07. The first-order valence-electron chi connectivity index (χ1n) is 4.50. The van der Waals surface area contributed by atoms with Crippen LogP contribution in [-0.4, -0.2) is 26.9 Å². The van der Waals surface area contributed by atoms with Crippen molar-refractivity contribution in [3.8, 4) is 0 Å². The molecule has 1 rings (SSSR count). The van der Waals surface area contributed by atoms with Crippen LogP contribution in [-0.2, 0) is 13.6 Å². The molecule has 0 saturated carbocycles. The Morgan fingerprint density at radius 1 is 1.71 bits per heavy atom. The van der Waals surface area contributed by atoms with Gasteiger partial charge < -0.3 is 10.4 Å². The molecule has 0 unspecified atom stereocenters. The van der Waals surface area contributed by atoms with Crippen LogP contribution in [0.3, 0.4) is 0 Å². The summed E-state index contributed by atoms with van der Waals surface area (Å²) in [6.45, 7) is 4.55. The molecule has 1 heterocycles. The minimum absolute atomic E-state index is 0.264. The van der Waals surface area contributed by atoms with Crippen LogP contribution in [0.5, 0.6) is 0 Å². The molecule has 0 aliphatic rings. The van der Waals surface area contributed by atoms with Gasteiger partial charge in [-0.2, -0.15) is 5.10 Å². The average molecular weight is 197 g/mol. The van der Waals surface area contributed by atoms with Gasteiger partial charge in [0, 0.05) is 19.6 Å². The van der Waals surface area contributed by atoms with Gasteiger partial charge in [-0.05, 0) is 0 Å². The van der Waals surface area contributed by atoms with E-state index in [1.807, 2.05) is 13.8 Å². The average Bonchev–Trinajstić information content (AvgIpc) is 2.43. The van der Waals surface area contributed by atoms with Crippen LogP contribution in [0.15, 0.2) is 6.20 Å². The summed E-state index contributed by atoms with van der Waals surface area (Å²) in [7, 11) is 1.74. The zero-order valence-corrected chi connectivity index (χ0v) is 8.61. The summed E-state index contributed by atoms with van der Waals surface area (Å²) in [5.41, 5.74) is 0.965. The Labute approximate surface area is 82.7 Å². The maximum Gasteiger partial charge on any atom is 0.339 e. The number of carbonyl (C=O) groups is 1. The van der Waals surface area contributed by atoms with Crippen molar-refractivity contribution in [2.45, 2.75) is 26.4 Å². The van der Waals surface area contributed by atoms with E-state index in [4.69, 9.17) is 5.11 Å². The van der Waals surface area contributed by atoms with E-state index < -0.39 is 5.97 Å². The number of aromatic carboxylic acids is 1. The number of carboxylic acids is 1. The van der Waals surface area contributed by atoms with Crippen LogP contribution in [0, 0.1) is 0 Å². The van der Waals surface area contributed by atoms with Crippen LogP contribution in [0.4, 0.5) is 0 Å². The van der Waals surface area contributed by atoms with Gasteiger partial charge in [-0.25, -0.2) is 4.79 Å². The first-order chi connectivity index (χ1) is 6.52. The Bertz CT molecular complexity index is 331. The van der Waals surface area contributed by atoms with Gasteiger partial charge in [-0.3, -0.25) is 4.68 Å². The maximum absolute atomic E-state index is 10.8. The Hall–Kier alpha value is -1.36. The number of aryl methyl sites for hydroxylation is 1. The summed E-state index contributed by atoms with van der Waals surface area (Å²) >= 11 is 0. The molecular weight excluding hydrogens is 182 g/mol. The highest BCUT2D eigenvalue weighted by molar-refractivity contribution is 5.88. The lowest BCUT2D eigenvalue weighted by atomic mass is 10.2. The molecule has 14 heavy (non-hydrogen) atoms. The third-order valence-electron chi connectivity index (χ3n) is 1.97. The first kappa shape index (κ1) is 10.7. The monoisotopic (exact) mass is 197 g/mol. The van der Waals surface area contributed by atoms with Gasteiger partial charge in [-0.15, -0.1) is 0 Å². The van der Waals surface area contributed by atoms with Gasteiger partial charge in [0.15, 0.2) is 0 Å². The standard InChI is InChI=1S/C9H15N3O2/c1-6(2)10-5-8-7(9(13)14)4-11-12(8)3/h4,6,10H,5H2,1-3H3,(H,13,14). The number of nitrogens with one attached hydrogen (secondary N) is 1. The molecule has 0 fully saturated rings. The number of carboxylic acid groups (broad SMARTS) is 1. The summed E-state index contributed by atoms with van der Waals surface area (Å²) in [4.78, 5) is 10.8. The number of nitrogens with zero attached hydrogens (tertiary/aromatic N) is 2. The quantitative estimate of drug-likeness (QED) is 0.742. The smallest absolute Gasteiger partial charge is 0.339 e. The van der Waals surface area contributed by atoms with Crippen molar-refractivity contribution in [2.75, 3.05) is 0 Å². The van der Waals surface area contributed by atoms with Crippen LogP contribution in [0.25, 0.3) is 0 Å². The molecule has 2 N–H and O–H groups in total. The summed E-state index contributed by atoms with van der Waals surface area (Å²) in [5.74, 6) is -0.932. The molecule has 0 saturated heterocycles. The second-order valence-corrected chi connectivity index (χ2v) is 3.47. The molecule has 78 valence electrons. The van der Waals surface area contributed by atoms with Crippen molar-refractivity contribution in [1.29, 1.82) is 0 Å². The number of aromatic nitrogens is 2. The van der Waals surface area contributed by atoms with Crippen LogP contribution < -0.4 is 5.32 Å². The first-order valence-corrected chi connectivity index (χ1v) is 4.50. The van der Waals surface area contributed by atoms with Crippen molar-refractivity contribution in [1.82, 2.24) is 15.1 Å². The molecule has 0 radical (unpaired) electrons. The third-order valence-corrected chi connectivity index (χ3v) is 1.97. The van der Waals surface area contributed by atoms with E-state index >= 15 is 0 Å². The largest absolute Gasteiger partial charge is 0.478 e. The number of hydrogen-bond acceptors (Lipinski definition) is 3. The van der Waals surface area contributed by atoms with E-state index in [1.165, 1.54) is 6.20 Å². The second kappa shape index (κ2) is 4.23. The fourth-order valence-electron chi connectivity index (χ4n) is 1.15. The fourth-order valence-corrected chi connectivity index (χ4v) is 1.15. The van der Waals surface area contributed by atoms with E-state index in [-0.39, 0.29) is 5.56 Å². The number of hydrogen-bond donors (Lipinski definition) is 2. The summed E-state index contributed by atoms with van der Waals surface area (Å²) in [6, 6.07) is 0.326. The molecule has 0 atom stereocenters. The van der Waals surface area contributed by atoms with Crippen LogP contribution in [0.2, 0.25) is 0 Å². The van der Waals surface area contributed by atoms with E-state index in [0.717, 1.165) is 0 Å². The van der Waals surface area contributed by atoms with E-state index in [9.17, 15) is 4.79 Å². The Morgan fingerprint density at radius 2 is 2.36 bits per heavy atom. The zero-order chi connectivity index (χ0) is 10.7. The molecule has 0 amide bonds. The minimum Gasteiger partial charge on any atom is -0.478 e. The molecule has 0 aromatic carbocycles. The normalized spacial score (nSPS) is 10.9. The number of rotatable bonds is 4. The summed E-state index contributed by atoms with van der Waals surface area (Å²) in [5, 5.41) is 15.9. The molecule has 0 aliphatic carbocycles. The zero-order valence-electron chi connectivity index (χ0n) is 8.61. The van der Waals surface area contributed by atoms with Crippen molar-refractivity contribution in [2.24, 2.45) is 7.05 Å². The van der Waals surface area contributed by atoms with Gasteiger partial charge in [0.25, 0.3) is 0 Å². The maximum atomic E-state index is 10.8. The fraction of sp³-hybridized carbons (Fsp3) is 0.556. The highest BCUT2D eigenvalue weighted by atomic mass is 16.4. The van der Waals surface area contributed by atoms with Crippen molar-refractivity contribution >= 4 is 5.97 Å². The van der Waals surface area contributed by atoms with Crippen LogP contribution in [0.1, 0.15) is 29.9 Å². The summed E-state index contributed by atoms with van der Waals surface area (Å²) in [6.07, 6.45) is 1.37. The van der Waals surface area contributed by atoms with E-state index in [1.54, 1.807) is 11.7 Å². The molecule has 5 nitrogen and oxygen atoms in total. The van der Waals surface area contributed by atoms with Crippen molar-refractivity contribution < 1.29 is 9.90 Å². The van der Waals surface area contributed by atoms with Gasteiger partial charge in [-0.1, -0.05) is 13.8 Å². The van der Waals surface area contributed by atoms with E-state index in [2.05, 4.69) is 10.4 Å². The molecule has 0 spiro atoms. The lowest BCUT2D eigenvalue weighted by molar-refractivity contribution is 0.0695. The van der Waals surface area contributed by atoms with Gasteiger partial charge >= 0.3 is 5.97 Å². The molecule has 0 aliphatic heterocycles. The predicted octanol–water partition coefficient (Wildman–Crippen LogP) is 0.616.